The first kappa shape index (κ1) is 25.7. The van der Waals surface area contributed by atoms with Crippen LogP contribution < -0.4 is 4.90 Å². The number of hydrogen-bond donors (Lipinski definition) is 1. The molecule has 0 aliphatic heterocycles. The standard InChI is InChI=1S/C22H25N3O3Si.C5H5N/c1-5-25-21-14-18(11-10-17(21)15-23-25)24(16-28-12-13-29(2,3)4)20-9-7-6-8-19(20)22(26)27;1-2-4-6-5-3-1/h1,6-11,14-15H,12-13,16H2,2-4H3,(H,26,27);1-5H. The summed E-state index contributed by atoms with van der Waals surface area (Å²) in [7, 11) is -1.23. The lowest BCUT2D eigenvalue weighted by Gasteiger charge is -2.27. The van der Waals surface area contributed by atoms with Gasteiger partial charge in [-0.1, -0.05) is 44.3 Å². The van der Waals surface area contributed by atoms with E-state index in [0.717, 1.165) is 22.6 Å². The van der Waals surface area contributed by atoms with Gasteiger partial charge in [-0.2, -0.15) is 9.78 Å². The lowest BCUT2D eigenvalue weighted by Crippen LogP contribution is -2.26. The second-order valence-corrected chi connectivity index (χ2v) is 14.7. The smallest absolute Gasteiger partial charge is 0.337 e. The number of benzene rings is 2. The number of carbonyl (C=O) groups is 1. The molecule has 0 aliphatic rings. The van der Waals surface area contributed by atoms with Crippen molar-refractivity contribution in [2.75, 3.05) is 18.2 Å². The molecule has 1 N–H and O–H groups in total. The Balaban J connectivity index is 0.000000497. The highest BCUT2D eigenvalue weighted by atomic mass is 28.3. The van der Waals surface area contributed by atoms with E-state index in [2.05, 4.69) is 35.8 Å². The van der Waals surface area contributed by atoms with E-state index in [1.54, 1.807) is 36.8 Å². The molecule has 2 heterocycles. The third-order valence-electron chi connectivity index (χ3n) is 5.20. The van der Waals surface area contributed by atoms with Crippen LogP contribution in [0.4, 0.5) is 11.4 Å². The molecule has 2 aromatic carbocycles. The summed E-state index contributed by atoms with van der Waals surface area (Å²) < 4.78 is 7.43. The van der Waals surface area contributed by atoms with Gasteiger partial charge >= 0.3 is 5.97 Å². The molecule has 0 radical (unpaired) electrons. The zero-order chi connectivity index (χ0) is 25.3. The van der Waals surface area contributed by atoms with Gasteiger partial charge in [0, 0.05) is 44.2 Å². The van der Waals surface area contributed by atoms with Crippen LogP contribution in [-0.4, -0.2) is 47.3 Å². The van der Waals surface area contributed by atoms with Crippen molar-refractivity contribution in [2.24, 2.45) is 0 Å². The number of aromatic carboxylic acids is 1. The number of nitrogens with zero attached hydrogens (tertiary/aromatic N) is 4. The highest BCUT2D eigenvalue weighted by Crippen LogP contribution is 2.31. The van der Waals surface area contributed by atoms with E-state index in [9.17, 15) is 9.90 Å². The average Bonchev–Trinajstić information content (AvgIpc) is 3.27. The number of rotatable bonds is 8. The number of anilines is 2. The van der Waals surface area contributed by atoms with E-state index in [0.29, 0.717) is 12.3 Å². The Morgan fingerprint density at radius 1 is 1.11 bits per heavy atom. The highest BCUT2D eigenvalue weighted by molar-refractivity contribution is 6.76. The first-order valence-corrected chi connectivity index (χ1v) is 15.0. The van der Waals surface area contributed by atoms with E-state index < -0.39 is 14.0 Å². The summed E-state index contributed by atoms with van der Waals surface area (Å²) >= 11 is 0. The Morgan fingerprint density at radius 2 is 1.86 bits per heavy atom. The molecule has 0 bridgehead atoms. The highest BCUT2D eigenvalue weighted by Gasteiger charge is 2.19. The monoisotopic (exact) mass is 486 g/mol. The number of ether oxygens (including phenoxy) is 1. The van der Waals surface area contributed by atoms with Gasteiger partial charge in [-0.05, 0) is 48.5 Å². The van der Waals surface area contributed by atoms with Crippen LogP contribution in [0.15, 0.2) is 79.3 Å². The summed E-state index contributed by atoms with van der Waals surface area (Å²) in [6.07, 6.45) is 10.7. The Morgan fingerprint density at radius 3 is 2.46 bits per heavy atom. The third kappa shape index (κ3) is 7.27. The van der Waals surface area contributed by atoms with Crippen molar-refractivity contribution in [3.05, 3.63) is 84.8 Å². The molecule has 0 aliphatic carbocycles. The Bertz CT molecular complexity index is 1270. The van der Waals surface area contributed by atoms with Gasteiger partial charge in [0.15, 0.2) is 0 Å². The molecule has 35 heavy (non-hydrogen) atoms. The molecule has 0 unspecified atom stereocenters. The minimum absolute atomic E-state index is 0.215. The van der Waals surface area contributed by atoms with Crippen LogP contribution in [0.3, 0.4) is 0 Å². The van der Waals surface area contributed by atoms with Gasteiger partial charge in [0.25, 0.3) is 0 Å². The number of carboxylic acid groups (broad SMARTS) is 1. The van der Waals surface area contributed by atoms with E-state index >= 15 is 0 Å². The van der Waals surface area contributed by atoms with Crippen LogP contribution >= 0.6 is 0 Å². The van der Waals surface area contributed by atoms with Crippen molar-refractivity contribution in [1.82, 2.24) is 14.8 Å². The normalized spacial score (nSPS) is 10.8. The summed E-state index contributed by atoms with van der Waals surface area (Å²) in [6.45, 7) is 7.75. The van der Waals surface area contributed by atoms with Gasteiger partial charge in [0.05, 0.1) is 23.0 Å². The second kappa shape index (κ2) is 12.0. The molecule has 8 heteroatoms. The van der Waals surface area contributed by atoms with Gasteiger partial charge < -0.3 is 14.7 Å². The molecule has 0 atom stereocenters. The topological polar surface area (TPSA) is 80.5 Å². The predicted molar refractivity (Wildman–Crippen MR) is 143 cm³/mol. The molecule has 4 rings (SSSR count). The van der Waals surface area contributed by atoms with Gasteiger partial charge in [0.1, 0.15) is 6.73 Å². The van der Waals surface area contributed by atoms with Crippen molar-refractivity contribution < 1.29 is 14.6 Å². The zero-order valence-electron chi connectivity index (χ0n) is 20.3. The first-order valence-electron chi connectivity index (χ1n) is 11.3. The fraction of sp³-hybridized carbons (Fsp3) is 0.222. The second-order valence-electron chi connectivity index (χ2n) is 9.05. The molecule has 2 aromatic heterocycles. The predicted octanol–water partition coefficient (Wildman–Crippen LogP) is 5.71. The molecule has 0 spiro atoms. The number of para-hydroxylation sites is 1. The van der Waals surface area contributed by atoms with Crippen molar-refractivity contribution in [1.29, 1.82) is 0 Å². The zero-order valence-corrected chi connectivity index (χ0v) is 21.3. The lowest BCUT2D eigenvalue weighted by atomic mass is 10.1. The van der Waals surface area contributed by atoms with Crippen molar-refractivity contribution in [3.8, 4) is 12.5 Å². The number of fused-ring (bicyclic) bond motifs is 1. The minimum atomic E-state index is -1.23. The Labute approximate surface area is 207 Å². The van der Waals surface area contributed by atoms with Crippen molar-refractivity contribution >= 4 is 36.3 Å². The summed E-state index contributed by atoms with van der Waals surface area (Å²) in [6, 6.07) is 21.9. The average molecular weight is 487 g/mol. The van der Waals surface area contributed by atoms with Crippen LogP contribution in [0, 0.1) is 12.5 Å². The third-order valence-corrected chi connectivity index (χ3v) is 6.90. The summed E-state index contributed by atoms with van der Waals surface area (Å²) in [5, 5.41) is 14.7. The minimum Gasteiger partial charge on any atom is -0.478 e. The Kier molecular flexibility index (Phi) is 8.78. The maximum atomic E-state index is 11.8. The van der Waals surface area contributed by atoms with Crippen molar-refractivity contribution in [2.45, 2.75) is 25.7 Å². The van der Waals surface area contributed by atoms with E-state index in [1.165, 1.54) is 4.68 Å². The number of carboxylic acids is 1. The number of hydrogen-bond acceptors (Lipinski definition) is 5. The molecule has 4 aromatic rings. The number of aromatic nitrogens is 3. The number of terminal acetylenes is 1. The summed E-state index contributed by atoms with van der Waals surface area (Å²) in [4.78, 5) is 17.4. The largest absolute Gasteiger partial charge is 0.478 e. The molecule has 0 saturated heterocycles. The fourth-order valence-corrected chi connectivity index (χ4v) is 4.05. The lowest BCUT2D eigenvalue weighted by molar-refractivity contribution is 0.0697. The van der Waals surface area contributed by atoms with Gasteiger partial charge in [-0.25, -0.2) is 4.79 Å². The van der Waals surface area contributed by atoms with Crippen LogP contribution in [0.5, 0.6) is 0 Å². The molecule has 0 amide bonds. The number of pyridine rings is 1. The Hall–Kier alpha value is -3.93. The van der Waals surface area contributed by atoms with E-state index in [-0.39, 0.29) is 12.3 Å². The molecular formula is C27H30N4O3Si. The fourth-order valence-electron chi connectivity index (χ4n) is 3.30. The van der Waals surface area contributed by atoms with Gasteiger partial charge in [-0.15, -0.1) is 0 Å². The maximum absolute atomic E-state index is 11.8. The van der Waals surface area contributed by atoms with Crippen LogP contribution in [0.25, 0.3) is 10.9 Å². The first-order chi connectivity index (χ1) is 16.8. The van der Waals surface area contributed by atoms with Gasteiger partial charge in [-0.3, -0.25) is 4.98 Å². The van der Waals surface area contributed by atoms with Crippen molar-refractivity contribution in [3.63, 3.8) is 0 Å². The summed E-state index contributed by atoms with van der Waals surface area (Å²) in [5.41, 5.74) is 2.35. The van der Waals surface area contributed by atoms with Crippen LogP contribution in [-0.2, 0) is 4.74 Å². The molecule has 7 nitrogen and oxygen atoms in total. The maximum Gasteiger partial charge on any atom is 0.337 e. The molecule has 0 fully saturated rings. The molecular weight excluding hydrogens is 456 g/mol. The van der Waals surface area contributed by atoms with Crippen LogP contribution in [0.2, 0.25) is 25.7 Å². The van der Waals surface area contributed by atoms with E-state index in [1.807, 2.05) is 47.4 Å². The SMILES string of the molecule is C#Cn1ncc2ccc(N(COCC[Si](C)(C)C)c3ccccc3C(=O)O)cc21.c1ccncc1. The molecule has 0 saturated carbocycles. The van der Waals surface area contributed by atoms with E-state index in [4.69, 9.17) is 11.2 Å². The van der Waals surface area contributed by atoms with Crippen LogP contribution in [0.1, 0.15) is 10.4 Å². The quantitative estimate of drug-likeness (QED) is 0.149. The molecule has 180 valence electrons. The van der Waals surface area contributed by atoms with Gasteiger partial charge in [0.2, 0.25) is 0 Å². The summed E-state index contributed by atoms with van der Waals surface area (Å²) in [5.74, 6) is -0.984.